The molecular weight excluding hydrogens is 340 g/mol. The Hall–Kier alpha value is -1.85. The van der Waals surface area contributed by atoms with Gasteiger partial charge in [-0.2, -0.15) is 0 Å². The van der Waals surface area contributed by atoms with Gasteiger partial charge in [-0.05, 0) is 38.0 Å². The van der Waals surface area contributed by atoms with Gasteiger partial charge >= 0.3 is 0 Å². The quantitative estimate of drug-likeness (QED) is 0.802. The summed E-state index contributed by atoms with van der Waals surface area (Å²) >= 11 is 6.20. The third kappa shape index (κ3) is 4.41. The lowest BCUT2D eigenvalue weighted by molar-refractivity contribution is 0.0246. The fourth-order valence-electron chi connectivity index (χ4n) is 3.26. The Labute approximate surface area is 152 Å². The van der Waals surface area contributed by atoms with Gasteiger partial charge in [0.1, 0.15) is 0 Å². The lowest BCUT2D eigenvalue weighted by Gasteiger charge is -2.26. The molecule has 6 heteroatoms. The Morgan fingerprint density at radius 2 is 2.00 bits per heavy atom. The number of carbonyl (C=O) groups excluding carboxylic acids is 1. The molecule has 1 fully saturated rings. The Kier molecular flexibility index (Phi) is 5.45. The minimum absolute atomic E-state index is 0.244. The number of nitrogens with zero attached hydrogens (tertiary/aromatic N) is 1. The zero-order valence-corrected chi connectivity index (χ0v) is 15.1. The van der Waals surface area contributed by atoms with Crippen LogP contribution in [-0.2, 0) is 0 Å². The molecule has 1 aromatic carbocycles. The van der Waals surface area contributed by atoms with Crippen molar-refractivity contribution >= 4 is 17.5 Å². The van der Waals surface area contributed by atoms with E-state index < -0.39 is 5.60 Å². The molecule has 0 bridgehead atoms. The maximum Gasteiger partial charge on any atom is 0.252 e. The molecule has 2 aromatic rings. The molecule has 0 atom stereocenters. The number of nitrogens with one attached hydrogen (secondary N) is 1. The van der Waals surface area contributed by atoms with Crippen molar-refractivity contribution in [1.82, 2.24) is 10.5 Å². The molecule has 0 spiro atoms. The van der Waals surface area contributed by atoms with Crippen LogP contribution in [0, 0.1) is 6.92 Å². The van der Waals surface area contributed by atoms with E-state index in [1.165, 1.54) is 0 Å². The van der Waals surface area contributed by atoms with Gasteiger partial charge in [0.25, 0.3) is 5.91 Å². The summed E-state index contributed by atoms with van der Waals surface area (Å²) in [4.78, 5) is 12.6. The number of amides is 1. The molecule has 0 unspecified atom stereocenters. The van der Waals surface area contributed by atoms with Gasteiger partial charge in [-0.3, -0.25) is 4.79 Å². The number of benzene rings is 1. The zero-order chi connectivity index (χ0) is 17.9. The average Bonchev–Trinajstić information content (AvgIpc) is 2.91. The lowest BCUT2D eigenvalue weighted by atomic mass is 9.94. The minimum Gasteiger partial charge on any atom is -0.388 e. The van der Waals surface area contributed by atoms with Crippen molar-refractivity contribution in [3.05, 3.63) is 40.5 Å². The molecule has 1 saturated carbocycles. The molecule has 0 saturated heterocycles. The third-order valence-corrected chi connectivity index (χ3v) is 5.07. The van der Waals surface area contributed by atoms with Crippen LogP contribution in [-0.4, -0.2) is 28.3 Å². The number of rotatable bonds is 4. The Morgan fingerprint density at radius 1 is 1.28 bits per heavy atom. The molecule has 3 rings (SSSR count). The Morgan fingerprint density at radius 3 is 2.64 bits per heavy atom. The third-order valence-electron chi connectivity index (χ3n) is 4.74. The monoisotopic (exact) mass is 362 g/mol. The van der Waals surface area contributed by atoms with Gasteiger partial charge in [-0.25, -0.2) is 0 Å². The number of aliphatic hydroxyl groups is 1. The Balaban J connectivity index is 1.73. The van der Waals surface area contributed by atoms with Gasteiger partial charge in [-0.15, -0.1) is 0 Å². The number of carbonyl (C=O) groups is 1. The van der Waals surface area contributed by atoms with Gasteiger partial charge in [0, 0.05) is 18.2 Å². The van der Waals surface area contributed by atoms with Crippen LogP contribution in [0.15, 0.2) is 28.8 Å². The number of aryl methyl sites for hydroxylation is 1. The van der Waals surface area contributed by atoms with Crippen LogP contribution in [0.3, 0.4) is 0 Å². The summed E-state index contributed by atoms with van der Waals surface area (Å²) < 4.78 is 5.25. The smallest absolute Gasteiger partial charge is 0.252 e. The summed E-state index contributed by atoms with van der Waals surface area (Å²) in [7, 11) is 0. The van der Waals surface area contributed by atoms with Gasteiger partial charge in [-0.1, -0.05) is 42.4 Å². The van der Waals surface area contributed by atoms with E-state index >= 15 is 0 Å². The molecule has 1 heterocycles. The maximum atomic E-state index is 12.6. The van der Waals surface area contributed by atoms with Crippen molar-refractivity contribution in [3.8, 4) is 11.3 Å². The van der Waals surface area contributed by atoms with E-state index in [2.05, 4.69) is 10.5 Å². The first-order chi connectivity index (χ1) is 12.0. The van der Waals surface area contributed by atoms with Crippen molar-refractivity contribution < 1.29 is 14.4 Å². The first-order valence-electron chi connectivity index (χ1n) is 8.71. The summed E-state index contributed by atoms with van der Waals surface area (Å²) in [6.45, 7) is 2.08. The molecule has 1 aliphatic rings. The van der Waals surface area contributed by atoms with E-state index in [0.717, 1.165) is 49.8 Å². The summed E-state index contributed by atoms with van der Waals surface area (Å²) in [6, 6.07) is 6.95. The molecule has 5 nitrogen and oxygen atoms in total. The molecular formula is C19H23ClN2O3. The first-order valence-corrected chi connectivity index (χ1v) is 9.08. The van der Waals surface area contributed by atoms with Crippen LogP contribution in [0.1, 0.15) is 54.6 Å². The molecule has 1 amide bonds. The van der Waals surface area contributed by atoms with Crippen LogP contribution in [0.2, 0.25) is 5.02 Å². The second-order valence-corrected chi connectivity index (χ2v) is 7.26. The minimum atomic E-state index is -0.821. The van der Waals surface area contributed by atoms with Crippen LogP contribution < -0.4 is 5.32 Å². The highest BCUT2D eigenvalue weighted by atomic mass is 35.5. The van der Waals surface area contributed by atoms with E-state index in [0.29, 0.717) is 16.3 Å². The van der Waals surface area contributed by atoms with Crippen molar-refractivity contribution in [2.24, 2.45) is 0 Å². The first kappa shape index (κ1) is 18.0. The Bertz CT molecular complexity index is 749. The number of aromatic nitrogens is 1. The summed E-state index contributed by atoms with van der Waals surface area (Å²) in [5.74, 6) is 0.298. The summed E-state index contributed by atoms with van der Waals surface area (Å²) in [5, 5.41) is 17.8. The highest BCUT2D eigenvalue weighted by Gasteiger charge is 2.28. The van der Waals surface area contributed by atoms with E-state index in [1.807, 2.05) is 6.92 Å². The molecule has 1 aromatic heterocycles. The largest absolute Gasteiger partial charge is 0.388 e. The molecule has 0 radical (unpaired) electrons. The van der Waals surface area contributed by atoms with Gasteiger partial charge in [0.15, 0.2) is 5.76 Å². The summed E-state index contributed by atoms with van der Waals surface area (Å²) in [5.41, 5.74) is 1.05. The second kappa shape index (κ2) is 7.58. The highest BCUT2D eigenvalue weighted by Crippen LogP contribution is 2.28. The number of halogens is 1. The normalized spacial score (nSPS) is 17.1. The number of hydrogen-bond donors (Lipinski definition) is 2. The zero-order valence-electron chi connectivity index (χ0n) is 14.3. The van der Waals surface area contributed by atoms with Crippen molar-refractivity contribution in [1.29, 1.82) is 0 Å². The predicted octanol–water partition coefficient (Wildman–Crippen LogP) is 4.12. The molecule has 0 aliphatic heterocycles. The molecule has 25 heavy (non-hydrogen) atoms. The van der Waals surface area contributed by atoms with Crippen molar-refractivity contribution in [3.63, 3.8) is 0 Å². The standard InChI is InChI=1S/C19H23ClN2O3/c1-13-10-17(25-22-13)14-6-7-16(20)15(11-14)18(23)21-12-19(24)8-4-2-3-5-9-19/h6-7,10-11,24H,2-5,8-9,12H2,1H3,(H,21,23). The number of hydrogen-bond acceptors (Lipinski definition) is 4. The topological polar surface area (TPSA) is 75.4 Å². The van der Waals surface area contributed by atoms with Gasteiger partial charge in [0.2, 0.25) is 0 Å². The van der Waals surface area contributed by atoms with E-state index in [9.17, 15) is 9.90 Å². The van der Waals surface area contributed by atoms with E-state index in [4.69, 9.17) is 16.1 Å². The predicted molar refractivity (Wildman–Crippen MR) is 96.7 cm³/mol. The van der Waals surface area contributed by atoms with Crippen molar-refractivity contribution in [2.45, 2.75) is 51.0 Å². The average molecular weight is 363 g/mol. The van der Waals surface area contributed by atoms with Crippen molar-refractivity contribution in [2.75, 3.05) is 6.54 Å². The fourth-order valence-corrected chi connectivity index (χ4v) is 3.46. The van der Waals surface area contributed by atoms with Crippen LogP contribution in [0.4, 0.5) is 0 Å². The van der Waals surface area contributed by atoms with Gasteiger partial charge < -0.3 is 14.9 Å². The van der Waals surface area contributed by atoms with Gasteiger partial charge in [0.05, 0.1) is 21.9 Å². The summed E-state index contributed by atoms with van der Waals surface area (Å²) in [6.07, 6.45) is 5.71. The van der Waals surface area contributed by atoms with Crippen LogP contribution in [0.5, 0.6) is 0 Å². The molecule has 134 valence electrons. The lowest BCUT2D eigenvalue weighted by Crippen LogP contribution is -2.42. The second-order valence-electron chi connectivity index (χ2n) is 6.85. The van der Waals surface area contributed by atoms with Crippen LogP contribution in [0.25, 0.3) is 11.3 Å². The van der Waals surface area contributed by atoms with E-state index in [-0.39, 0.29) is 12.5 Å². The molecule has 1 aliphatic carbocycles. The SMILES string of the molecule is Cc1cc(-c2ccc(Cl)c(C(=O)NCC3(O)CCCCCC3)c2)on1. The molecule has 2 N–H and O–H groups in total. The fraction of sp³-hybridized carbons (Fsp3) is 0.474. The highest BCUT2D eigenvalue weighted by molar-refractivity contribution is 6.34. The maximum absolute atomic E-state index is 12.6. The van der Waals surface area contributed by atoms with Crippen LogP contribution >= 0.6 is 11.6 Å². The van der Waals surface area contributed by atoms with E-state index in [1.54, 1.807) is 24.3 Å².